The van der Waals surface area contributed by atoms with E-state index >= 15 is 0 Å². The molecule has 0 unspecified atom stereocenters. The highest BCUT2D eigenvalue weighted by Gasteiger charge is 2.14. The summed E-state index contributed by atoms with van der Waals surface area (Å²) in [6.07, 6.45) is 4.18. The first kappa shape index (κ1) is 17.1. The monoisotopic (exact) mass is 337 g/mol. The Labute approximate surface area is 148 Å². The summed E-state index contributed by atoms with van der Waals surface area (Å²) >= 11 is 0. The standard InChI is InChI=1S/C21H23NO3/c1-4-18(17-8-5-14(2)11-15(17)3)22-21(23)10-7-16-6-9-19-20(12-16)25-13-24-19/h5-12,18H,4,13H2,1-3H3,(H,22,23)/b10-7+/t18-/m0/s1. The van der Waals surface area contributed by atoms with Crippen molar-refractivity contribution in [1.82, 2.24) is 5.32 Å². The van der Waals surface area contributed by atoms with Crippen LogP contribution in [0.3, 0.4) is 0 Å². The van der Waals surface area contributed by atoms with Crippen molar-refractivity contribution in [2.24, 2.45) is 0 Å². The van der Waals surface area contributed by atoms with Crippen LogP contribution in [0.15, 0.2) is 42.5 Å². The van der Waals surface area contributed by atoms with Crippen molar-refractivity contribution in [3.05, 3.63) is 64.7 Å². The average molecular weight is 337 g/mol. The first-order valence-corrected chi connectivity index (χ1v) is 8.52. The van der Waals surface area contributed by atoms with Gasteiger partial charge in [0.25, 0.3) is 0 Å². The van der Waals surface area contributed by atoms with Gasteiger partial charge in [0.05, 0.1) is 6.04 Å². The van der Waals surface area contributed by atoms with E-state index in [2.05, 4.69) is 44.3 Å². The van der Waals surface area contributed by atoms with Crippen molar-refractivity contribution < 1.29 is 14.3 Å². The molecular formula is C21H23NO3. The van der Waals surface area contributed by atoms with Gasteiger partial charge in [-0.05, 0) is 55.2 Å². The van der Waals surface area contributed by atoms with Crippen LogP contribution in [0.4, 0.5) is 0 Å². The van der Waals surface area contributed by atoms with E-state index in [0.717, 1.165) is 23.3 Å². The predicted octanol–water partition coefficient (Wildman–Crippen LogP) is 4.31. The lowest BCUT2D eigenvalue weighted by Gasteiger charge is -2.19. The summed E-state index contributed by atoms with van der Waals surface area (Å²) in [5.41, 5.74) is 4.49. The topological polar surface area (TPSA) is 47.6 Å². The van der Waals surface area contributed by atoms with Crippen molar-refractivity contribution in [2.45, 2.75) is 33.2 Å². The summed E-state index contributed by atoms with van der Waals surface area (Å²) in [5.74, 6) is 1.34. The number of aryl methyl sites for hydroxylation is 2. The molecule has 0 saturated carbocycles. The van der Waals surface area contributed by atoms with Gasteiger partial charge in [-0.3, -0.25) is 4.79 Å². The number of hydrogen-bond donors (Lipinski definition) is 1. The smallest absolute Gasteiger partial charge is 0.244 e. The zero-order valence-corrected chi connectivity index (χ0v) is 14.8. The van der Waals surface area contributed by atoms with Crippen molar-refractivity contribution in [2.75, 3.05) is 6.79 Å². The van der Waals surface area contributed by atoms with Crippen LogP contribution in [0.1, 0.15) is 41.6 Å². The van der Waals surface area contributed by atoms with Crippen LogP contribution < -0.4 is 14.8 Å². The number of benzene rings is 2. The minimum absolute atomic E-state index is 0.00880. The SMILES string of the molecule is CC[C@H](NC(=O)/C=C/c1ccc2c(c1)OCO2)c1ccc(C)cc1C. The van der Waals surface area contributed by atoms with Crippen LogP contribution in [-0.4, -0.2) is 12.7 Å². The molecule has 4 nitrogen and oxygen atoms in total. The van der Waals surface area contributed by atoms with Gasteiger partial charge in [-0.25, -0.2) is 0 Å². The van der Waals surface area contributed by atoms with E-state index < -0.39 is 0 Å². The summed E-state index contributed by atoms with van der Waals surface area (Å²) in [4.78, 5) is 12.3. The van der Waals surface area contributed by atoms with E-state index in [0.29, 0.717) is 5.75 Å². The third-order valence-electron chi connectivity index (χ3n) is 4.35. The molecule has 0 fully saturated rings. The maximum absolute atomic E-state index is 12.3. The molecule has 0 aromatic heterocycles. The number of hydrogen-bond acceptors (Lipinski definition) is 3. The van der Waals surface area contributed by atoms with Gasteiger partial charge < -0.3 is 14.8 Å². The minimum atomic E-state index is -0.107. The van der Waals surface area contributed by atoms with Crippen molar-refractivity contribution >= 4 is 12.0 Å². The predicted molar refractivity (Wildman–Crippen MR) is 98.7 cm³/mol. The molecule has 130 valence electrons. The molecule has 2 aromatic carbocycles. The molecule has 0 spiro atoms. The molecule has 0 radical (unpaired) electrons. The summed E-state index contributed by atoms with van der Waals surface area (Å²) in [6.45, 7) is 6.48. The van der Waals surface area contributed by atoms with Gasteiger partial charge in [-0.2, -0.15) is 0 Å². The highest BCUT2D eigenvalue weighted by molar-refractivity contribution is 5.92. The van der Waals surface area contributed by atoms with E-state index in [9.17, 15) is 4.79 Å². The van der Waals surface area contributed by atoms with Gasteiger partial charge in [0.15, 0.2) is 11.5 Å². The van der Waals surface area contributed by atoms with E-state index in [1.54, 1.807) is 12.2 Å². The lowest BCUT2D eigenvalue weighted by atomic mass is 9.97. The Morgan fingerprint density at radius 2 is 1.96 bits per heavy atom. The van der Waals surface area contributed by atoms with Gasteiger partial charge >= 0.3 is 0 Å². The lowest BCUT2D eigenvalue weighted by Crippen LogP contribution is -2.26. The fourth-order valence-corrected chi connectivity index (χ4v) is 3.02. The summed E-state index contributed by atoms with van der Waals surface area (Å²) in [5, 5.41) is 3.08. The molecule has 3 rings (SSSR count). The van der Waals surface area contributed by atoms with Crippen LogP contribution in [0, 0.1) is 13.8 Å². The third kappa shape index (κ3) is 4.02. The molecule has 1 atom stereocenters. The molecular weight excluding hydrogens is 314 g/mol. The summed E-state index contributed by atoms with van der Waals surface area (Å²) in [6, 6.07) is 12.0. The first-order valence-electron chi connectivity index (χ1n) is 8.52. The molecule has 0 bridgehead atoms. The van der Waals surface area contributed by atoms with E-state index in [4.69, 9.17) is 9.47 Å². The van der Waals surface area contributed by atoms with E-state index in [1.165, 1.54) is 11.1 Å². The zero-order chi connectivity index (χ0) is 17.8. The average Bonchev–Trinajstić information content (AvgIpc) is 3.06. The Kier molecular flexibility index (Phi) is 5.08. The number of fused-ring (bicyclic) bond motifs is 1. The maximum Gasteiger partial charge on any atom is 0.244 e. The van der Waals surface area contributed by atoms with Crippen LogP contribution in [0.5, 0.6) is 11.5 Å². The Morgan fingerprint density at radius 3 is 2.72 bits per heavy atom. The molecule has 1 amide bonds. The number of nitrogens with one attached hydrogen (secondary N) is 1. The largest absolute Gasteiger partial charge is 0.454 e. The molecule has 0 aliphatic carbocycles. The fraction of sp³-hybridized carbons (Fsp3) is 0.286. The Morgan fingerprint density at radius 1 is 1.16 bits per heavy atom. The molecule has 1 N–H and O–H groups in total. The van der Waals surface area contributed by atoms with Gasteiger partial charge in [-0.15, -0.1) is 0 Å². The number of carbonyl (C=O) groups excluding carboxylic acids is 1. The Hall–Kier alpha value is -2.75. The Bertz CT molecular complexity index is 811. The second kappa shape index (κ2) is 7.43. The van der Waals surface area contributed by atoms with Crippen LogP contribution in [0.2, 0.25) is 0 Å². The minimum Gasteiger partial charge on any atom is -0.454 e. The van der Waals surface area contributed by atoms with Gasteiger partial charge in [0.2, 0.25) is 12.7 Å². The number of ether oxygens (including phenoxy) is 2. The van der Waals surface area contributed by atoms with Gasteiger partial charge in [0.1, 0.15) is 0 Å². The second-order valence-corrected chi connectivity index (χ2v) is 6.28. The highest BCUT2D eigenvalue weighted by atomic mass is 16.7. The maximum atomic E-state index is 12.3. The number of carbonyl (C=O) groups is 1. The van der Waals surface area contributed by atoms with Crippen LogP contribution in [-0.2, 0) is 4.79 Å². The highest BCUT2D eigenvalue weighted by Crippen LogP contribution is 2.32. The van der Waals surface area contributed by atoms with Crippen molar-refractivity contribution in [1.29, 1.82) is 0 Å². The zero-order valence-electron chi connectivity index (χ0n) is 14.8. The number of amides is 1. The van der Waals surface area contributed by atoms with Gasteiger partial charge in [0, 0.05) is 6.08 Å². The Balaban J connectivity index is 1.68. The molecule has 1 heterocycles. The quantitative estimate of drug-likeness (QED) is 0.827. The molecule has 2 aromatic rings. The normalized spacial score (nSPS) is 13.9. The van der Waals surface area contributed by atoms with Crippen LogP contribution >= 0.6 is 0 Å². The second-order valence-electron chi connectivity index (χ2n) is 6.28. The number of rotatable bonds is 5. The van der Waals surface area contributed by atoms with E-state index in [1.807, 2.05) is 18.2 Å². The van der Waals surface area contributed by atoms with E-state index in [-0.39, 0.29) is 18.7 Å². The fourth-order valence-electron chi connectivity index (χ4n) is 3.02. The third-order valence-corrected chi connectivity index (χ3v) is 4.35. The molecule has 0 saturated heterocycles. The summed E-state index contributed by atoms with van der Waals surface area (Å²) in [7, 11) is 0. The van der Waals surface area contributed by atoms with Gasteiger partial charge in [-0.1, -0.05) is 36.8 Å². The molecule has 4 heteroatoms. The lowest BCUT2D eigenvalue weighted by molar-refractivity contribution is -0.117. The summed E-state index contributed by atoms with van der Waals surface area (Å²) < 4.78 is 10.6. The van der Waals surface area contributed by atoms with Crippen molar-refractivity contribution in [3.8, 4) is 11.5 Å². The molecule has 1 aliphatic rings. The van der Waals surface area contributed by atoms with Crippen LogP contribution in [0.25, 0.3) is 6.08 Å². The van der Waals surface area contributed by atoms with Crippen molar-refractivity contribution in [3.63, 3.8) is 0 Å². The molecule has 25 heavy (non-hydrogen) atoms. The molecule has 1 aliphatic heterocycles. The first-order chi connectivity index (χ1) is 12.1.